The number of benzene rings is 1. The van der Waals surface area contributed by atoms with Crippen molar-refractivity contribution in [2.24, 2.45) is 0 Å². The lowest BCUT2D eigenvalue weighted by atomic mass is 9.89. The minimum absolute atomic E-state index is 0.114. The summed E-state index contributed by atoms with van der Waals surface area (Å²) in [5, 5.41) is 3.95. The van der Waals surface area contributed by atoms with Gasteiger partial charge in [0.05, 0.1) is 21.9 Å². The molecule has 0 amide bonds. The van der Waals surface area contributed by atoms with Crippen LogP contribution in [0.2, 0.25) is 0 Å². The molecule has 0 unspecified atom stereocenters. The quantitative estimate of drug-likeness (QED) is 0.640. The molecule has 1 aliphatic heterocycles. The molecule has 5 heteroatoms. The fourth-order valence-corrected chi connectivity index (χ4v) is 4.24. The lowest BCUT2D eigenvalue weighted by Crippen LogP contribution is -2.32. The molecule has 0 bridgehead atoms. The molecule has 1 fully saturated rings. The molecule has 1 saturated heterocycles. The average Bonchev–Trinajstić information content (AvgIpc) is 3.03. The minimum Gasteiger partial charge on any atom is -0.422 e. The maximum Gasteiger partial charge on any atom is 0.345 e. The summed E-state index contributed by atoms with van der Waals surface area (Å²) in [5.41, 5.74) is 1.39. The third-order valence-electron chi connectivity index (χ3n) is 4.49. The Bertz CT molecular complexity index is 941. The van der Waals surface area contributed by atoms with E-state index in [1.165, 1.54) is 0 Å². The zero-order valence-electron chi connectivity index (χ0n) is 13.7. The van der Waals surface area contributed by atoms with E-state index in [9.17, 15) is 4.79 Å². The summed E-state index contributed by atoms with van der Waals surface area (Å²) in [7, 11) is 0. The van der Waals surface area contributed by atoms with Gasteiger partial charge in [-0.2, -0.15) is 0 Å². The van der Waals surface area contributed by atoms with Crippen LogP contribution in [0.4, 0.5) is 0 Å². The third kappa shape index (κ3) is 2.89. The van der Waals surface area contributed by atoms with Crippen LogP contribution in [0.5, 0.6) is 0 Å². The molecule has 2 aromatic heterocycles. The summed E-state index contributed by atoms with van der Waals surface area (Å²) in [4.78, 5) is 17.0. The van der Waals surface area contributed by atoms with Gasteiger partial charge in [0.15, 0.2) is 0 Å². The van der Waals surface area contributed by atoms with Crippen molar-refractivity contribution in [1.29, 1.82) is 0 Å². The number of rotatable bonds is 2. The van der Waals surface area contributed by atoms with E-state index < -0.39 is 0 Å². The van der Waals surface area contributed by atoms with Crippen LogP contribution in [-0.4, -0.2) is 17.2 Å². The van der Waals surface area contributed by atoms with Crippen molar-refractivity contribution in [3.63, 3.8) is 0 Å². The summed E-state index contributed by atoms with van der Waals surface area (Å²) < 4.78 is 11.2. The number of hydrogen-bond acceptors (Lipinski definition) is 5. The lowest BCUT2D eigenvalue weighted by Gasteiger charge is -2.34. The maximum absolute atomic E-state index is 12.3. The number of para-hydroxylation sites is 1. The fraction of sp³-hybridized carbons (Fsp3) is 0.368. The Morgan fingerprint density at radius 2 is 2.12 bits per heavy atom. The highest BCUT2D eigenvalue weighted by molar-refractivity contribution is 7.10. The Hall–Kier alpha value is -1.98. The first-order valence-corrected chi connectivity index (χ1v) is 9.02. The number of hydrogen-bond donors (Lipinski definition) is 0. The van der Waals surface area contributed by atoms with Crippen molar-refractivity contribution in [1.82, 2.24) is 4.98 Å². The average molecular weight is 341 g/mol. The van der Waals surface area contributed by atoms with Crippen molar-refractivity contribution in [3.05, 3.63) is 51.1 Å². The number of fused-ring (bicyclic) bond motifs is 1. The van der Waals surface area contributed by atoms with E-state index in [-0.39, 0.29) is 11.2 Å². The topological polar surface area (TPSA) is 52.3 Å². The molecule has 4 rings (SSSR count). The molecule has 3 aromatic rings. The van der Waals surface area contributed by atoms with Crippen LogP contribution in [0.25, 0.3) is 22.2 Å². The number of ether oxygens (including phenoxy) is 1. The second-order valence-corrected chi connectivity index (χ2v) is 7.74. The van der Waals surface area contributed by atoms with E-state index in [1.54, 1.807) is 17.4 Å². The van der Waals surface area contributed by atoms with Crippen LogP contribution in [-0.2, 0) is 4.74 Å². The van der Waals surface area contributed by atoms with Gasteiger partial charge in [0.1, 0.15) is 5.58 Å². The van der Waals surface area contributed by atoms with E-state index in [4.69, 9.17) is 14.1 Å². The Morgan fingerprint density at radius 3 is 2.96 bits per heavy atom. The van der Waals surface area contributed by atoms with Gasteiger partial charge in [-0.1, -0.05) is 18.2 Å². The van der Waals surface area contributed by atoms with Gasteiger partial charge in [0.2, 0.25) is 0 Å². The van der Waals surface area contributed by atoms with E-state index in [0.29, 0.717) is 22.8 Å². The molecule has 3 heterocycles. The van der Waals surface area contributed by atoms with Crippen molar-refractivity contribution >= 4 is 22.3 Å². The van der Waals surface area contributed by atoms with Crippen LogP contribution >= 0.6 is 11.3 Å². The summed E-state index contributed by atoms with van der Waals surface area (Å²) in [6.07, 6.45) is 1.93. The lowest BCUT2D eigenvalue weighted by molar-refractivity contribution is -0.0593. The van der Waals surface area contributed by atoms with Crippen molar-refractivity contribution in [2.45, 2.75) is 38.2 Å². The maximum atomic E-state index is 12.3. The molecule has 0 spiro atoms. The Kier molecular flexibility index (Phi) is 3.77. The number of thiazole rings is 1. The molecule has 124 valence electrons. The van der Waals surface area contributed by atoms with Crippen LogP contribution in [0.3, 0.4) is 0 Å². The van der Waals surface area contributed by atoms with Gasteiger partial charge in [-0.3, -0.25) is 0 Å². The van der Waals surface area contributed by atoms with Crippen LogP contribution in [0, 0.1) is 0 Å². The number of nitrogens with zero attached hydrogens (tertiary/aromatic N) is 1. The van der Waals surface area contributed by atoms with E-state index in [2.05, 4.69) is 13.8 Å². The predicted molar refractivity (Wildman–Crippen MR) is 95.6 cm³/mol. The van der Waals surface area contributed by atoms with Gasteiger partial charge < -0.3 is 9.15 Å². The van der Waals surface area contributed by atoms with E-state index >= 15 is 0 Å². The molecule has 1 atom stereocenters. The number of aromatic nitrogens is 1. The van der Waals surface area contributed by atoms with Gasteiger partial charge in [-0.25, -0.2) is 9.78 Å². The van der Waals surface area contributed by atoms with Crippen molar-refractivity contribution < 1.29 is 9.15 Å². The Morgan fingerprint density at radius 1 is 1.29 bits per heavy atom. The molecular formula is C19H19NO3S. The van der Waals surface area contributed by atoms with Gasteiger partial charge in [-0.05, 0) is 38.8 Å². The van der Waals surface area contributed by atoms with Crippen LogP contribution in [0.15, 0.2) is 44.9 Å². The first kappa shape index (κ1) is 15.5. The predicted octanol–water partition coefficient (Wildman–Crippen LogP) is 4.59. The monoisotopic (exact) mass is 341 g/mol. The summed E-state index contributed by atoms with van der Waals surface area (Å²) in [6, 6.07) is 9.41. The second kappa shape index (κ2) is 5.83. The highest BCUT2D eigenvalue weighted by atomic mass is 32.1. The molecule has 0 saturated carbocycles. The van der Waals surface area contributed by atoms with Crippen molar-refractivity contribution in [3.8, 4) is 11.3 Å². The minimum atomic E-state index is -0.335. The molecule has 0 N–H and O–H groups in total. The van der Waals surface area contributed by atoms with E-state index in [1.807, 2.05) is 29.6 Å². The first-order chi connectivity index (χ1) is 11.5. The largest absolute Gasteiger partial charge is 0.422 e. The molecule has 24 heavy (non-hydrogen) atoms. The standard InChI is InChI=1S/C19H19NO3S/c1-19(2)10-13(7-8-22-19)17-20-15(11-24-17)14-9-12-5-3-4-6-16(12)23-18(14)21/h3-6,9,11,13H,7-8,10H2,1-2H3/t13-/m1/s1. The van der Waals surface area contributed by atoms with Gasteiger partial charge in [-0.15, -0.1) is 11.3 Å². The zero-order chi connectivity index (χ0) is 16.7. The molecule has 1 aromatic carbocycles. The van der Waals surface area contributed by atoms with Gasteiger partial charge >= 0.3 is 5.63 Å². The van der Waals surface area contributed by atoms with Gasteiger partial charge in [0.25, 0.3) is 0 Å². The summed E-state index contributed by atoms with van der Waals surface area (Å²) >= 11 is 1.62. The second-order valence-electron chi connectivity index (χ2n) is 6.85. The van der Waals surface area contributed by atoms with E-state index in [0.717, 1.165) is 29.8 Å². The highest BCUT2D eigenvalue weighted by Crippen LogP contribution is 2.37. The SMILES string of the molecule is CC1(C)C[C@H](c2nc(-c3cc4ccccc4oc3=O)cs2)CCO1. The summed E-state index contributed by atoms with van der Waals surface area (Å²) in [5.74, 6) is 0.389. The normalized spacial score (nSPS) is 20.3. The molecule has 0 radical (unpaired) electrons. The highest BCUT2D eigenvalue weighted by Gasteiger charge is 2.31. The smallest absolute Gasteiger partial charge is 0.345 e. The third-order valence-corrected chi connectivity index (χ3v) is 5.49. The zero-order valence-corrected chi connectivity index (χ0v) is 14.6. The fourth-order valence-electron chi connectivity index (χ4n) is 3.28. The molecular weight excluding hydrogens is 322 g/mol. The Balaban J connectivity index is 1.70. The van der Waals surface area contributed by atoms with Gasteiger partial charge in [0, 0.05) is 23.3 Å². The van der Waals surface area contributed by atoms with Crippen LogP contribution < -0.4 is 5.63 Å². The van der Waals surface area contributed by atoms with Crippen molar-refractivity contribution in [2.75, 3.05) is 6.61 Å². The first-order valence-electron chi connectivity index (χ1n) is 8.14. The Labute approximate surface area is 144 Å². The molecule has 1 aliphatic rings. The molecule has 0 aliphatic carbocycles. The summed E-state index contributed by atoms with van der Waals surface area (Å²) in [6.45, 7) is 4.99. The van der Waals surface area contributed by atoms with Crippen LogP contribution in [0.1, 0.15) is 37.6 Å². The molecule has 4 nitrogen and oxygen atoms in total.